The monoisotopic (exact) mass is 181 g/mol. The fourth-order valence-electron chi connectivity index (χ4n) is 0.731. The number of hydrogen-bond donors (Lipinski definition) is 3. The lowest BCUT2D eigenvalue weighted by Crippen LogP contribution is -2.11. The largest absolute Gasteiger partial charge is 0.366 e. The van der Waals surface area contributed by atoms with Crippen molar-refractivity contribution in [2.75, 3.05) is 5.43 Å². The molecule has 0 saturated heterocycles. The SMILES string of the molecule is CC.NNc1ccc(C(N)=O)cc1. The zero-order valence-electron chi connectivity index (χ0n) is 7.87. The van der Waals surface area contributed by atoms with Crippen molar-refractivity contribution in [3.05, 3.63) is 29.8 Å². The Morgan fingerprint density at radius 3 is 2.00 bits per heavy atom. The van der Waals surface area contributed by atoms with E-state index in [-0.39, 0.29) is 0 Å². The Kier molecular flexibility index (Phi) is 5.30. The maximum atomic E-state index is 10.6. The Morgan fingerprint density at radius 1 is 1.23 bits per heavy atom. The number of carbonyl (C=O) groups excluding carboxylic acids is 1. The number of anilines is 1. The van der Waals surface area contributed by atoms with Gasteiger partial charge in [-0.3, -0.25) is 10.6 Å². The highest BCUT2D eigenvalue weighted by molar-refractivity contribution is 5.93. The number of carbonyl (C=O) groups is 1. The van der Waals surface area contributed by atoms with Crippen LogP contribution in [0.25, 0.3) is 0 Å². The molecule has 0 aromatic heterocycles. The van der Waals surface area contributed by atoms with Crippen molar-refractivity contribution in [2.24, 2.45) is 11.6 Å². The van der Waals surface area contributed by atoms with E-state index in [0.717, 1.165) is 5.69 Å². The second-order valence-electron chi connectivity index (χ2n) is 2.09. The minimum atomic E-state index is -0.437. The Hall–Kier alpha value is -1.55. The van der Waals surface area contributed by atoms with Gasteiger partial charge in [-0.2, -0.15) is 0 Å². The summed E-state index contributed by atoms with van der Waals surface area (Å²) in [7, 11) is 0. The average molecular weight is 181 g/mol. The van der Waals surface area contributed by atoms with Crippen LogP contribution >= 0.6 is 0 Å². The standard InChI is InChI=1S/C7H9N3O.C2H6/c8-7(11)5-1-3-6(10-9)4-2-5;1-2/h1-4,10H,9H2,(H2,8,11);1-2H3. The van der Waals surface area contributed by atoms with Gasteiger partial charge in [-0.05, 0) is 24.3 Å². The van der Waals surface area contributed by atoms with E-state index in [4.69, 9.17) is 11.6 Å². The van der Waals surface area contributed by atoms with Crippen LogP contribution < -0.4 is 17.0 Å². The summed E-state index contributed by atoms with van der Waals surface area (Å²) in [5.74, 6) is 4.67. The van der Waals surface area contributed by atoms with Crippen LogP contribution in [-0.2, 0) is 0 Å². The van der Waals surface area contributed by atoms with Crippen molar-refractivity contribution in [1.82, 2.24) is 0 Å². The van der Waals surface area contributed by atoms with Crippen LogP contribution in [0.3, 0.4) is 0 Å². The quantitative estimate of drug-likeness (QED) is 0.472. The normalized spacial score (nSPS) is 8.23. The van der Waals surface area contributed by atoms with Gasteiger partial charge in [0.2, 0.25) is 5.91 Å². The zero-order chi connectivity index (χ0) is 10.3. The molecule has 0 atom stereocenters. The summed E-state index contributed by atoms with van der Waals surface area (Å²) in [6, 6.07) is 6.58. The van der Waals surface area contributed by atoms with Gasteiger partial charge in [0.1, 0.15) is 0 Å². The average Bonchev–Trinajstić information content (AvgIpc) is 2.21. The van der Waals surface area contributed by atoms with Crippen LogP contribution in [0, 0.1) is 0 Å². The zero-order valence-corrected chi connectivity index (χ0v) is 7.87. The molecule has 0 spiro atoms. The highest BCUT2D eigenvalue weighted by Gasteiger charge is 1.97. The van der Waals surface area contributed by atoms with E-state index in [1.165, 1.54) is 0 Å². The third-order valence-corrected chi connectivity index (χ3v) is 1.34. The molecule has 0 bridgehead atoms. The molecule has 1 aromatic rings. The molecule has 0 heterocycles. The lowest BCUT2D eigenvalue weighted by molar-refractivity contribution is 0.100. The summed E-state index contributed by atoms with van der Waals surface area (Å²) in [5.41, 5.74) is 8.68. The molecule has 5 N–H and O–H groups in total. The maximum absolute atomic E-state index is 10.6. The summed E-state index contributed by atoms with van der Waals surface area (Å²) in [4.78, 5) is 10.6. The van der Waals surface area contributed by atoms with E-state index in [9.17, 15) is 4.79 Å². The molecule has 13 heavy (non-hydrogen) atoms. The predicted octanol–water partition coefficient (Wildman–Crippen LogP) is 1.10. The minimum absolute atomic E-state index is 0.437. The third kappa shape index (κ3) is 3.57. The number of hydrazine groups is 1. The lowest BCUT2D eigenvalue weighted by Gasteiger charge is -1.98. The molecule has 4 heteroatoms. The third-order valence-electron chi connectivity index (χ3n) is 1.34. The van der Waals surface area contributed by atoms with Gasteiger partial charge in [-0.1, -0.05) is 13.8 Å². The summed E-state index contributed by atoms with van der Waals surface area (Å²) >= 11 is 0. The van der Waals surface area contributed by atoms with E-state index in [1.807, 2.05) is 13.8 Å². The first-order chi connectivity index (χ1) is 6.24. The van der Waals surface area contributed by atoms with Crippen molar-refractivity contribution < 1.29 is 4.79 Å². The molecule has 0 radical (unpaired) electrons. The summed E-state index contributed by atoms with van der Waals surface area (Å²) < 4.78 is 0. The Labute approximate surface area is 77.9 Å². The summed E-state index contributed by atoms with van der Waals surface area (Å²) in [6.07, 6.45) is 0. The topological polar surface area (TPSA) is 81.1 Å². The fourth-order valence-corrected chi connectivity index (χ4v) is 0.731. The molecule has 1 rings (SSSR count). The van der Waals surface area contributed by atoms with E-state index < -0.39 is 5.91 Å². The van der Waals surface area contributed by atoms with Crippen LogP contribution in [0.1, 0.15) is 24.2 Å². The van der Waals surface area contributed by atoms with Gasteiger partial charge in [0.15, 0.2) is 0 Å². The van der Waals surface area contributed by atoms with E-state index in [0.29, 0.717) is 5.56 Å². The van der Waals surface area contributed by atoms with Crippen molar-refractivity contribution >= 4 is 11.6 Å². The van der Waals surface area contributed by atoms with Crippen molar-refractivity contribution in [1.29, 1.82) is 0 Å². The maximum Gasteiger partial charge on any atom is 0.248 e. The van der Waals surface area contributed by atoms with Gasteiger partial charge in [-0.15, -0.1) is 0 Å². The van der Waals surface area contributed by atoms with E-state index >= 15 is 0 Å². The number of nitrogen functional groups attached to an aromatic ring is 1. The molecule has 72 valence electrons. The van der Waals surface area contributed by atoms with Crippen LogP contribution in [0.4, 0.5) is 5.69 Å². The second-order valence-corrected chi connectivity index (χ2v) is 2.09. The second kappa shape index (κ2) is 6.02. The van der Waals surface area contributed by atoms with E-state index in [1.54, 1.807) is 24.3 Å². The minimum Gasteiger partial charge on any atom is -0.366 e. The van der Waals surface area contributed by atoms with Gasteiger partial charge >= 0.3 is 0 Å². The highest BCUT2D eigenvalue weighted by Crippen LogP contribution is 2.06. The number of benzene rings is 1. The molecule has 0 aliphatic carbocycles. The fraction of sp³-hybridized carbons (Fsp3) is 0.222. The van der Waals surface area contributed by atoms with Gasteiger partial charge in [0.25, 0.3) is 0 Å². The van der Waals surface area contributed by atoms with Gasteiger partial charge in [-0.25, -0.2) is 0 Å². The van der Waals surface area contributed by atoms with Crippen molar-refractivity contribution in [2.45, 2.75) is 13.8 Å². The van der Waals surface area contributed by atoms with Crippen molar-refractivity contribution in [3.63, 3.8) is 0 Å². The molecule has 0 unspecified atom stereocenters. The van der Waals surface area contributed by atoms with Crippen molar-refractivity contribution in [3.8, 4) is 0 Å². The molecular formula is C9H15N3O. The Balaban J connectivity index is 0.000000671. The van der Waals surface area contributed by atoms with Gasteiger partial charge in [0.05, 0.1) is 0 Å². The number of amides is 1. The number of rotatable bonds is 2. The van der Waals surface area contributed by atoms with Gasteiger partial charge in [0, 0.05) is 11.3 Å². The number of nitrogens with two attached hydrogens (primary N) is 2. The summed E-state index contributed by atoms with van der Waals surface area (Å²) in [6.45, 7) is 4.00. The molecule has 1 amide bonds. The smallest absolute Gasteiger partial charge is 0.248 e. The molecule has 0 fully saturated rings. The molecule has 0 aliphatic heterocycles. The molecule has 0 saturated carbocycles. The summed E-state index contributed by atoms with van der Waals surface area (Å²) in [5, 5.41) is 0. The van der Waals surface area contributed by atoms with E-state index in [2.05, 4.69) is 5.43 Å². The van der Waals surface area contributed by atoms with Crippen LogP contribution in [0.15, 0.2) is 24.3 Å². The van der Waals surface area contributed by atoms with Gasteiger partial charge < -0.3 is 11.2 Å². The first kappa shape index (κ1) is 11.4. The molecular weight excluding hydrogens is 166 g/mol. The Bertz CT molecular complexity index is 256. The molecule has 4 nitrogen and oxygen atoms in total. The number of primary amides is 1. The lowest BCUT2D eigenvalue weighted by atomic mass is 10.2. The van der Waals surface area contributed by atoms with Crippen LogP contribution in [-0.4, -0.2) is 5.91 Å². The number of hydrogen-bond acceptors (Lipinski definition) is 3. The number of nitrogens with one attached hydrogen (secondary N) is 1. The Morgan fingerprint density at radius 2 is 1.69 bits per heavy atom. The first-order valence-corrected chi connectivity index (χ1v) is 4.10. The highest BCUT2D eigenvalue weighted by atomic mass is 16.1. The predicted molar refractivity (Wildman–Crippen MR) is 54.1 cm³/mol. The molecule has 0 aliphatic rings. The first-order valence-electron chi connectivity index (χ1n) is 4.10. The van der Waals surface area contributed by atoms with Crippen LogP contribution in [0.2, 0.25) is 0 Å². The molecule has 1 aromatic carbocycles. The van der Waals surface area contributed by atoms with Crippen LogP contribution in [0.5, 0.6) is 0 Å².